The van der Waals surface area contributed by atoms with Crippen LogP contribution in [0.2, 0.25) is 0 Å². The molecular weight excluding hydrogens is 472 g/mol. The van der Waals surface area contributed by atoms with Crippen LogP contribution in [-0.2, 0) is 9.59 Å². The SMILES string of the molecule is CC(C)(O)/C=C/C(=O)C(C)(O)[C@H]1[C@H](O)C[C@@]2(C)[C@@H]3CC=C4[C@@H](C[C@H](O)C(=O)C4(C)C)[C@]3(C)C(O)C[C@]12C. The molecule has 3 saturated carbocycles. The number of hydrogen-bond donors (Lipinski definition) is 5. The maximum atomic E-state index is 13.2. The quantitative estimate of drug-likeness (QED) is 0.285. The molecule has 7 nitrogen and oxygen atoms in total. The Hall–Kier alpha value is -1.38. The van der Waals surface area contributed by atoms with Gasteiger partial charge in [-0.25, -0.2) is 0 Å². The van der Waals surface area contributed by atoms with Gasteiger partial charge in [-0.3, -0.25) is 9.59 Å². The summed E-state index contributed by atoms with van der Waals surface area (Å²) < 4.78 is 0. The number of aliphatic hydroxyl groups is 5. The number of rotatable bonds is 4. The van der Waals surface area contributed by atoms with E-state index in [1.165, 1.54) is 32.9 Å². The summed E-state index contributed by atoms with van der Waals surface area (Å²) in [7, 11) is 0. The summed E-state index contributed by atoms with van der Waals surface area (Å²) in [5.74, 6) is -1.91. The molecule has 7 heteroatoms. The van der Waals surface area contributed by atoms with Crippen LogP contribution in [0.5, 0.6) is 0 Å². The van der Waals surface area contributed by atoms with Crippen LogP contribution >= 0.6 is 0 Å². The van der Waals surface area contributed by atoms with Gasteiger partial charge in [0.25, 0.3) is 0 Å². The predicted molar refractivity (Wildman–Crippen MR) is 139 cm³/mol. The van der Waals surface area contributed by atoms with E-state index in [0.29, 0.717) is 12.8 Å². The lowest BCUT2D eigenvalue weighted by molar-refractivity contribution is -0.215. The normalized spacial score (nSPS) is 47.1. The van der Waals surface area contributed by atoms with Gasteiger partial charge in [0, 0.05) is 16.7 Å². The molecule has 0 saturated heterocycles. The Balaban J connectivity index is 1.79. The molecule has 0 heterocycles. The van der Waals surface area contributed by atoms with Crippen molar-refractivity contribution in [3.05, 3.63) is 23.8 Å². The smallest absolute Gasteiger partial charge is 0.187 e. The van der Waals surface area contributed by atoms with Gasteiger partial charge < -0.3 is 25.5 Å². The summed E-state index contributed by atoms with van der Waals surface area (Å²) in [6, 6.07) is 0. The lowest BCUT2D eigenvalue weighted by Crippen LogP contribution is -2.66. The standard InChI is InChI=1S/C30H46O7/c1-25(2,36)12-11-21(33)30(8,37)23-19(32)14-27(5)20-10-9-16-17(13-18(31)24(35)26(16,3)4)29(20,7)22(34)15-28(23,27)6/h9,11-12,17-20,22-23,31-32,34,36-37H,10,13-15H2,1-8H3/b12-11+/t17-,18+,19-,20+,22?,23+,27+,28-,29+,30?/m1/s1. The molecule has 3 fully saturated rings. The van der Waals surface area contributed by atoms with Crippen LogP contribution in [0.25, 0.3) is 0 Å². The Morgan fingerprint density at radius 3 is 2.16 bits per heavy atom. The van der Waals surface area contributed by atoms with Gasteiger partial charge in [-0.1, -0.05) is 38.5 Å². The Morgan fingerprint density at radius 2 is 1.59 bits per heavy atom. The van der Waals surface area contributed by atoms with Gasteiger partial charge in [-0.15, -0.1) is 0 Å². The number of aliphatic hydroxyl groups excluding tert-OH is 3. The van der Waals surface area contributed by atoms with E-state index in [0.717, 1.165) is 5.57 Å². The van der Waals surface area contributed by atoms with Crippen molar-refractivity contribution in [2.24, 2.45) is 39.4 Å². The van der Waals surface area contributed by atoms with Crippen LogP contribution in [-0.4, -0.2) is 66.6 Å². The molecular formula is C30H46O7. The molecule has 0 radical (unpaired) electrons. The first-order chi connectivity index (χ1) is 16.7. The third-order valence-corrected chi connectivity index (χ3v) is 11.4. The van der Waals surface area contributed by atoms with E-state index in [2.05, 4.69) is 19.9 Å². The van der Waals surface area contributed by atoms with Crippen molar-refractivity contribution in [1.82, 2.24) is 0 Å². The summed E-state index contributed by atoms with van der Waals surface area (Å²) in [6.07, 6.45) is 3.24. The van der Waals surface area contributed by atoms with Crippen molar-refractivity contribution in [3.63, 3.8) is 0 Å². The number of allylic oxidation sites excluding steroid dienone is 2. The fraction of sp³-hybridized carbons (Fsp3) is 0.800. The van der Waals surface area contributed by atoms with E-state index in [4.69, 9.17) is 0 Å². The van der Waals surface area contributed by atoms with Gasteiger partial charge in [0.05, 0.1) is 17.8 Å². The third-order valence-electron chi connectivity index (χ3n) is 11.4. The second-order valence-electron chi connectivity index (χ2n) is 14.4. The molecule has 0 aromatic carbocycles. The van der Waals surface area contributed by atoms with Gasteiger partial charge in [0.1, 0.15) is 11.7 Å². The molecule has 37 heavy (non-hydrogen) atoms. The minimum atomic E-state index is -1.91. The predicted octanol–water partition coefficient (Wildman–Crippen LogP) is 2.72. The number of ketones is 2. The van der Waals surface area contributed by atoms with Crippen molar-refractivity contribution in [2.75, 3.05) is 0 Å². The van der Waals surface area contributed by atoms with Gasteiger partial charge in [0.15, 0.2) is 11.6 Å². The maximum Gasteiger partial charge on any atom is 0.187 e. The van der Waals surface area contributed by atoms with Gasteiger partial charge in [-0.2, -0.15) is 0 Å². The second-order valence-corrected chi connectivity index (χ2v) is 14.4. The summed E-state index contributed by atoms with van der Waals surface area (Å²) in [5.41, 5.74) is -4.95. The first-order valence-corrected chi connectivity index (χ1v) is 13.6. The van der Waals surface area contributed by atoms with Gasteiger partial charge in [0.2, 0.25) is 0 Å². The van der Waals surface area contributed by atoms with Crippen LogP contribution in [0.4, 0.5) is 0 Å². The highest BCUT2D eigenvalue weighted by atomic mass is 16.3. The third kappa shape index (κ3) is 3.79. The summed E-state index contributed by atoms with van der Waals surface area (Å²) in [6.45, 7) is 14.3. The van der Waals surface area contributed by atoms with Gasteiger partial charge in [-0.05, 0) is 89.0 Å². The highest BCUT2D eigenvalue weighted by Gasteiger charge is 2.74. The molecule has 0 aliphatic heterocycles. The van der Waals surface area contributed by atoms with E-state index >= 15 is 0 Å². The van der Waals surface area contributed by atoms with Crippen LogP contribution in [0, 0.1) is 39.4 Å². The van der Waals surface area contributed by atoms with Crippen LogP contribution in [0.15, 0.2) is 23.8 Å². The van der Waals surface area contributed by atoms with Crippen molar-refractivity contribution in [3.8, 4) is 0 Å². The molecule has 4 rings (SSSR count). The van der Waals surface area contributed by atoms with E-state index in [-0.39, 0.29) is 30.5 Å². The minimum Gasteiger partial charge on any atom is -0.393 e. The van der Waals surface area contributed by atoms with Gasteiger partial charge >= 0.3 is 0 Å². The summed E-state index contributed by atoms with van der Waals surface area (Å²) in [5, 5.41) is 55.7. The van der Waals surface area contributed by atoms with Crippen molar-refractivity contribution < 1.29 is 35.1 Å². The Kier molecular flexibility index (Phi) is 6.43. The molecule has 0 spiro atoms. The molecule has 4 aliphatic carbocycles. The summed E-state index contributed by atoms with van der Waals surface area (Å²) in [4.78, 5) is 26.1. The van der Waals surface area contributed by atoms with Crippen LogP contribution in [0.3, 0.4) is 0 Å². The van der Waals surface area contributed by atoms with Crippen LogP contribution in [0.1, 0.15) is 81.1 Å². The number of Topliss-reactive ketones (excluding diaryl/α,β-unsaturated/α-hetero) is 1. The topological polar surface area (TPSA) is 135 Å². The Labute approximate surface area is 220 Å². The Bertz CT molecular complexity index is 1050. The number of carbonyl (C=O) groups excluding carboxylic acids is 2. The average Bonchev–Trinajstić information content (AvgIpc) is 2.96. The Morgan fingerprint density at radius 1 is 1.00 bits per heavy atom. The van der Waals surface area contributed by atoms with E-state index < -0.39 is 62.9 Å². The number of hydrogen-bond acceptors (Lipinski definition) is 7. The molecule has 10 atom stereocenters. The second kappa shape index (κ2) is 8.31. The monoisotopic (exact) mass is 518 g/mol. The first-order valence-electron chi connectivity index (χ1n) is 13.6. The fourth-order valence-corrected chi connectivity index (χ4v) is 9.27. The van der Waals surface area contributed by atoms with Crippen LogP contribution < -0.4 is 0 Å². The maximum absolute atomic E-state index is 13.2. The zero-order valence-electron chi connectivity index (χ0n) is 23.6. The molecule has 4 aliphatic rings. The average molecular weight is 519 g/mol. The molecule has 208 valence electrons. The lowest BCUT2D eigenvalue weighted by atomic mass is 9.38. The van der Waals surface area contributed by atoms with Crippen molar-refractivity contribution in [2.45, 2.75) is 111 Å². The number of fused-ring (bicyclic) bond motifs is 5. The van der Waals surface area contributed by atoms with E-state index in [1.807, 2.05) is 20.8 Å². The molecule has 0 aromatic rings. The highest BCUT2D eigenvalue weighted by Crippen LogP contribution is 2.75. The van der Waals surface area contributed by atoms with E-state index in [9.17, 15) is 35.1 Å². The molecule has 2 unspecified atom stereocenters. The zero-order valence-corrected chi connectivity index (χ0v) is 23.6. The largest absolute Gasteiger partial charge is 0.393 e. The summed E-state index contributed by atoms with van der Waals surface area (Å²) >= 11 is 0. The molecule has 0 amide bonds. The molecule has 0 aromatic heterocycles. The first kappa shape index (κ1) is 28.6. The lowest BCUT2D eigenvalue weighted by Gasteiger charge is -2.67. The van der Waals surface area contributed by atoms with Crippen molar-refractivity contribution in [1.29, 1.82) is 0 Å². The minimum absolute atomic E-state index is 0.101. The molecule has 0 bridgehead atoms. The van der Waals surface area contributed by atoms with E-state index in [1.54, 1.807) is 0 Å². The number of carbonyl (C=O) groups is 2. The molecule has 5 N–H and O–H groups in total. The highest BCUT2D eigenvalue weighted by molar-refractivity contribution is 5.97. The zero-order chi connectivity index (χ0) is 28.1. The van der Waals surface area contributed by atoms with Crippen molar-refractivity contribution >= 4 is 11.6 Å². The fourth-order valence-electron chi connectivity index (χ4n) is 9.27.